The van der Waals surface area contributed by atoms with Gasteiger partial charge in [-0.05, 0) is 42.0 Å². The lowest BCUT2D eigenvalue weighted by atomic mass is 10.0. The lowest BCUT2D eigenvalue weighted by Gasteiger charge is -2.08. The fraction of sp³-hybridized carbons (Fsp3) is 0. The number of nitrogens with zero attached hydrogens (tertiary/aromatic N) is 4. The van der Waals surface area contributed by atoms with E-state index >= 15 is 0 Å². The van der Waals surface area contributed by atoms with Crippen molar-refractivity contribution >= 4 is 33.0 Å². The van der Waals surface area contributed by atoms with Gasteiger partial charge < -0.3 is 8.83 Å². The molecule has 0 radical (unpaired) electrons. The molecule has 0 saturated heterocycles. The molecule has 9 aromatic rings. The Hall–Kier alpha value is -6.40. The smallest absolute Gasteiger partial charge is 0.227 e. The molecule has 0 spiro atoms. The third kappa shape index (κ3) is 4.43. The fourth-order valence-electron chi connectivity index (χ4n) is 5.96. The number of para-hydroxylation sites is 2. The zero-order valence-electron chi connectivity index (χ0n) is 24.5. The average Bonchev–Trinajstić information content (AvgIpc) is 3.74. The number of furan rings is 1. The van der Waals surface area contributed by atoms with Crippen molar-refractivity contribution in [1.82, 2.24) is 19.9 Å². The Morgan fingerprint density at radius 2 is 0.978 bits per heavy atom. The van der Waals surface area contributed by atoms with E-state index < -0.39 is 0 Å². The number of hydrogen-bond acceptors (Lipinski definition) is 6. The van der Waals surface area contributed by atoms with Gasteiger partial charge in [-0.15, -0.1) is 0 Å². The second kappa shape index (κ2) is 10.6. The van der Waals surface area contributed by atoms with Crippen LogP contribution in [0.2, 0.25) is 0 Å². The Morgan fingerprint density at radius 3 is 1.67 bits per heavy atom. The third-order valence-electron chi connectivity index (χ3n) is 8.19. The molecule has 0 N–H and O–H groups in total. The zero-order valence-corrected chi connectivity index (χ0v) is 24.5. The molecule has 0 amide bonds. The summed E-state index contributed by atoms with van der Waals surface area (Å²) in [5.74, 6) is 2.37. The summed E-state index contributed by atoms with van der Waals surface area (Å²) in [7, 11) is 0. The van der Waals surface area contributed by atoms with Gasteiger partial charge in [0.15, 0.2) is 23.1 Å². The van der Waals surface area contributed by atoms with Crippen LogP contribution in [0.1, 0.15) is 0 Å². The first kappa shape index (κ1) is 26.0. The molecule has 216 valence electrons. The molecule has 0 atom stereocenters. The Kier molecular flexibility index (Phi) is 6.03. The summed E-state index contributed by atoms with van der Waals surface area (Å²) in [4.78, 5) is 19.6. The van der Waals surface area contributed by atoms with Crippen LogP contribution in [-0.4, -0.2) is 19.9 Å². The molecular weight excluding hydrogens is 568 g/mol. The molecule has 0 aliphatic carbocycles. The molecule has 6 heteroatoms. The van der Waals surface area contributed by atoms with Gasteiger partial charge in [0.05, 0.1) is 5.56 Å². The maximum atomic E-state index is 6.53. The van der Waals surface area contributed by atoms with Crippen molar-refractivity contribution in [3.05, 3.63) is 146 Å². The average molecular weight is 593 g/mol. The van der Waals surface area contributed by atoms with Crippen molar-refractivity contribution < 1.29 is 8.83 Å². The van der Waals surface area contributed by atoms with Crippen molar-refractivity contribution in [2.24, 2.45) is 0 Å². The summed E-state index contributed by atoms with van der Waals surface area (Å²) in [5.41, 5.74) is 8.68. The van der Waals surface area contributed by atoms with Gasteiger partial charge in [-0.2, -0.15) is 0 Å². The minimum absolute atomic E-state index is 0.554. The van der Waals surface area contributed by atoms with Crippen LogP contribution in [0.4, 0.5) is 0 Å². The van der Waals surface area contributed by atoms with E-state index in [1.807, 2.05) is 121 Å². The summed E-state index contributed by atoms with van der Waals surface area (Å²) in [6.07, 6.45) is 0. The van der Waals surface area contributed by atoms with Crippen LogP contribution in [0.15, 0.2) is 154 Å². The van der Waals surface area contributed by atoms with E-state index in [-0.39, 0.29) is 0 Å². The lowest BCUT2D eigenvalue weighted by Crippen LogP contribution is -2.00. The first-order valence-electron chi connectivity index (χ1n) is 15.1. The summed E-state index contributed by atoms with van der Waals surface area (Å²) in [5, 5.41) is 1.98. The topological polar surface area (TPSA) is 77.8 Å². The Labute approximate surface area is 263 Å². The molecule has 3 heterocycles. The third-order valence-corrected chi connectivity index (χ3v) is 8.19. The lowest BCUT2D eigenvalue weighted by molar-refractivity contribution is 0.620. The van der Waals surface area contributed by atoms with Gasteiger partial charge in [0.2, 0.25) is 5.89 Å². The van der Waals surface area contributed by atoms with Gasteiger partial charge in [-0.25, -0.2) is 19.9 Å². The molecule has 6 aromatic carbocycles. The number of rotatable bonds is 5. The van der Waals surface area contributed by atoms with Crippen LogP contribution >= 0.6 is 0 Å². The number of hydrogen-bond donors (Lipinski definition) is 0. The van der Waals surface area contributed by atoms with Crippen LogP contribution in [0.3, 0.4) is 0 Å². The predicted octanol–water partition coefficient (Wildman–Crippen LogP) is 10.2. The number of fused-ring (bicyclic) bond motifs is 4. The highest BCUT2D eigenvalue weighted by atomic mass is 16.3. The monoisotopic (exact) mass is 592 g/mol. The van der Waals surface area contributed by atoms with E-state index in [0.29, 0.717) is 23.4 Å². The molecule has 0 bridgehead atoms. The first-order valence-corrected chi connectivity index (χ1v) is 15.1. The van der Waals surface area contributed by atoms with Crippen LogP contribution in [0.25, 0.3) is 89.8 Å². The minimum Gasteiger partial charge on any atom is -0.455 e. The van der Waals surface area contributed by atoms with Crippen molar-refractivity contribution in [2.45, 2.75) is 0 Å². The molecule has 0 fully saturated rings. The second-order valence-electron chi connectivity index (χ2n) is 11.1. The summed E-state index contributed by atoms with van der Waals surface area (Å²) < 4.78 is 12.7. The molecule has 0 aliphatic heterocycles. The van der Waals surface area contributed by atoms with E-state index in [1.54, 1.807) is 0 Å². The molecule has 6 nitrogen and oxygen atoms in total. The highest BCUT2D eigenvalue weighted by molar-refractivity contribution is 6.10. The van der Waals surface area contributed by atoms with Crippen LogP contribution in [-0.2, 0) is 0 Å². The zero-order chi connectivity index (χ0) is 30.5. The maximum Gasteiger partial charge on any atom is 0.227 e. The Bertz CT molecular complexity index is 2460. The number of benzene rings is 6. The Morgan fingerprint density at radius 1 is 0.370 bits per heavy atom. The van der Waals surface area contributed by atoms with Gasteiger partial charge >= 0.3 is 0 Å². The van der Waals surface area contributed by atoms with E-state index in [1.165, 1.54) is 0 Å². The van der Waals surface area contributed by atoms with Crippen molar-refractivity contribution in [3.63, 3.8) is 0 Å². The van der Waals surface area contributed by atoms with Crippen LogP contribution in [0, 0.1) is 0 Å². The van der Waals surface area contributed by atoms with Crippen LogP contribution in [0.5, 0.6) is 0 Å². The van der Waals surface area contributed by atoms with E-state index in [2.05, 4.69) is 24.3 Å². The van der Waals surface area contributed by atoms with Crippen molar-refractivity contribution in [3.8, 4) is 56.7 Å². The first-order chi connectivity index (χ1) is 22.8. The summed E-state index contributed by atoms with van der Waals surface area (Å²) >= 11 is 0. The minimum atomic E-state index is 0.554. The van der Waals surface area contributed by atoms with Gasteiger partial charge in [-0.3, -0.25) is 0 Å². The summed E-state index contributed by atoms with van der Waals surface area (Å²) in [6, 6.07) is 48.3. The second-order valence-corrected chi connectivity index (χ2v) is 11.1. The summed E-state index contributed by atoms with van der Waals surface area (Å²) in [6.45, 7) is 0. The molecule has 3 aromatic heterocycles. The van der Waals surface area contributed by atoms with Crippen LogP contribution < -0.4 is 0 Å². The number of oxazole rings is 1. The Balaban J connectivity index is 1.20. The van der Waals surface area contributed by atoms with Gasteiger partial charge in [-0.1, -0.05) is 109 Å². The highest BCUT2D eigenvalue weighted by Crippen LogP contribution is 2.39. The molecule has 0 aliphatic rings. The number of aromatic nitrogens is 4. The predicted molar refractivity (Wildman–Crippen MR) is 182 cm³/mol. The van der Waals surface area contributed by atoms with E-state index in [0.717, 1.165) is 66.4 Å². The maximum absolute atomic E-state index is 6.53. The highest BCUT2D eigenvalue weighted by Gasteiger charge is 2.19. The van der Waals surface area contributed by atoms with Gasteiger partial charge in [0, 0.05) is 33.0 Å². The quantitative estimate of drug-likeness (QED) is 0.198. The van der Waals surface area contributed by atoms with Crippen molar-refractivity contribution in [2.75, 3.05) is 0 Å². The fourth-order valence-corrected chi connectivity index (χ4v) is 5.96. The van der Waals surface area contributed by atoms with Crippen molar-refractivity contribution in [1.29, 1.82) is 0 Å². The SMILES string of the molecule is c1ccc(-c2nc(-c3ccccc3)nc(-c3cccc4c3oc3ccc(-c5cccc6oc(-c7ccccc7)nc56)cc34)n2)cc1. The molecule has 9 rings (SSSR count). The molecule has 46 heavy (non-hydrogen) atoms. The molecule has 0 saturated carbocycles. The largest absolute Gasteiger partial charge is 0.455 e. The van der Waals surface area contributed by atoms with Gasteiger partial charge in [0.1, 0.15) is 16.7 Å². The normalized spacial score (nSPS) is 11.5. The van der Waals surface area contributed by atoms with E-state index in [9.17, 15) is 0 Å². The molecular formula is C40H24N4O2. The van der Waals surface area contributed by atoms with Gasteiger partial charge in [0.25, 0.3) is 0 Å². The standard InChI is InChI=1S/C40H24N4O2/c1-4-12-25(13-5-1)37-42-38(26-14-6-2-7-15-26)44-39(43-37)31-20-10-19-30-32-24-28(22-23-33(32)45-36(30)31)29-18-11-21-34-35(29)41-40(46-34)27-16-8-3-9-17-27/h1-24H. The molecule has 0 unspecified atom stereocenters. The van der Waals surface area contributed by atoms with E-state index in [4.69, 9.17) is 28.8 Å².